The minimum Gasteiger partial charge on any atom is -0.358 e. The van der Waals surface area contributed by atoms with Crippen LogP contribution in [0.5, 0.6) is 0 Å². The quantitative estimate of drug-likeness (QED) is 0.100. The van der Waals surface area contributed by atoms with E-state index in [0.717, 1.165) is 24.9 Å². The average molecular weight is 615 g/mol. The Hall–Kier alpha value is -4.68. The molecular weight excluding hydrogens is 576 g/mol. The first-order valence-electron chi connectivity index (χ1n) is 14.9. The summed E-state index contributed by atoms with van der Waals surface area (Å²) in [6.45, 7) is 4.26. The summed E-state index contributed by atoms with van der Waals surface area (Å²) in [6, 6.07) is 21.6. The monoisotopic (exact) mass is 614 g/mol. The first-order chi connectivity index (χ1) is 21.3. The standard InChI is InChI=1S/C32H38N8O3S/c1-3-4-5-6-7-11-18-39(19-17-33)26-14-15-29(30(21-26)35-24(2)41)36-37-32-28(22-34)31(25-12-9-8-10-13-25)38-40(32)27-16-20-44(42,43)23-27/h8-10,12-15,21,27H,3-7,11,16,18,20,23,33H2,1-2H3,(H,35,41). The van der Waals surface area contributed by atoms with Gasteiger partial charge in [0, 0.05) is 31.1 Å². The molecule has 3 aromatic rings. The highest BCUT2D eigenvalue weighted by molar-refractivity contribution is 7.91. The minimum atomic E-state index is -3.24. The number of azo groups is 1. The number of carbonyl (C=O) groups excluding carboxylic acids is 1. The lowest BCUT2D eigenvalue weighted by Gasteiger charge is -2.19. The fourth-order valence-electron chi connectivity index (χ4n) is 5.19. The van der Waals surface area contributed by atoms with Gasteiger partial charge in [0.15, 0.2) is 15.7 Å². The molecule has 1 aliphatic heterocycles. The number of benzene rings is 2. The molecule has 3 N–H and O–H groups in total. The largest absolute Gasteiger partial charge is 0.358 e. The van der Waals surface area contributed by atoms with Gasteiger partial charge in [0.2, 0.25) is 5.91 Å². The van der Waals surface area contributed by atoms with Gasteiger partial charge in [0.05, 0.1) is 28.9 Å². The van der Waals surface area contributed by atoms with Crippen LogP contribution in [0.4, 0.5) is 22.9 Å². The van der Waals surface area contributed by atoms with E-state index in [9.17, 15) is 18.5 Å². The molecule has 1 aromatic heterocycles. The maximum Gasteiger partial charge on any atom is 0.221 e. The molecule has 1 atom stereocenters. The summed E-state index contributed by atoms with van der Waals surface area (Å²) in [6.07, 6.45) is 7.17. The van der Waals surface area contributed by atoms with Crippen molar-refractivity contribution in [2.45, 2.75) is 64.8 Å². The second-order valence-electron chi connectivity index (χ2n) is 10.8. The minimum absolute atomic E-state index is 0.0335. The van der Waals surface area contributed by atoms with E-state index in [2.05, 4.69) is 45.7 Å². The fourth-order valence-corrected chi connectivity index (χ4v) is 6.89. The van der Waals surface area contributed by atoms with Crippen LogP contribution in [0.25, 0.3) is 11.3 Å². The summed E-state index contributed by atoms with van der Waals surface area (Å²) in [7, 11) is -3.24. The van der Waals surface area contributed by atoms with Gasteiger partial charge in [-0.3, -0.25) is 9.69 Å². The smallest absolute Gasteiger partial charge is 0.221 e. The molecule has 1 aliphatic rings. The third-order valence-corrected chi connectivity index (χ3v) is 9.14. The van der Waals surface area contributed by atoms with E-state index < -0.39 is 15.9 Å². The molecule has 4 rings (SSSR count). The maximum atomic E-state index is 12.3. The summed E-state index contributed by atoms with van der Waals surface area (Å²) in [5.74, 6) is -0.203. The highest BCUT2D eigenvalue weighted by Crippen LogP contribution is 2.38. The van der Waals surface area contributed by atoms with Gasteiger partial charge in [-0.05, 0) is 31.0 Å². The van der Waals surface area contributed by atoms with Gasteiger partial charge in [-0.1, -0.05) is 69.4 Å². The molecule has 0 spiro atoms. The Morgan fingerprint density at radius 1 is 1.14 bits per heavy atom. The Kier molecular flexibility index (Phi) is 11.1. The van der Waals surface area contributed by atoms with E-state index in [4.69, 9.17) is 5.73 Å². The number of nitrogens with one attached hydrogen (secondary N) is 1. The topological polar surface area (TPSA) is 159 Å². The van der Waals surface area contributed by atoms with Crippen LogP contribution in [0.2, 0.25) is 0 Å². The van der Waals surface area contributed by atoms with Crippen LogP contribution in [0, 0.1) is 23.4 Å². The zero-order valence-corrected chi connectivity index (χ0v) is 26.0. The zero-order valence-electron chi connectivity index (χ0n) is 25.2. The first kappa shape index (κ1) is 32.2. The number of rotatable bonds is 13. The molecule has 2 heterocycles. The van der Waals surface area contributed by atoms with Crippen LogP contribution < -0.4 is 16.0 Å². The van der Waals surface area contributed by atoms with Crippen molar-refractivity contribution in [3.8, 4) is 29.4 Å². The Labute approximate surface area is 259 Å². The van der Waals surface area contributed by atoms with Crippen LogP contribution >= 0.6 is 0 Å². The van der Waals surface area contributed by atoms with Crippen molar-refractivity contribution in [1.29, 1.82) is 5.26 Å². The van der Waals surface area contributed by atoms with Crippen LogP contribution in [0.3, 0.4) is 0 Å². The van der Waals surface area contributed by atoms with E-state index in [1.807, 2.05) is 41.3 Å². The van der Waals surface area contributed by atoms with E-state index >= 15 is 0 Å². The number of hydrogen-bond acceptors (Lipinski definition) is 9. The number of unbranched alkanes of at least 4 members (excludes halogenated alkanes) is 5. The molecule has 0 saturated carbocycles. The predicted octanol–water partition coefficient (Wildman–Crippen LogP) is 6.20. The number of hydrogen-bond donors (Lipinski definition) is 2. The molecule has 1 saturated heterocycles. The predicted molar refractivity (Wildman–Crippen MR) is 172 cm³/mol. The van der Waals surface area contributed by atoms with E-state index in [-0.39, 0.29) is 28.8 Å². The molecule has 1 fully saturated rings. The molecule has 44 heavy (non-hydrogen) atoms. The van der Waals surface area contributed by atoms with E-state index in [1.54, 1.807) is 12.1 Å². The second-order valence-corrected chi connectivity index (χ2v) is 13.0. The third kappa shape index (κ3) is 8.23. The normalized spacial score (nSPS) is 15.4. The Morgan fingerprint density at radius 2 is 1.89 bits per heavy atom. The summed E-state index contributed by atoms with van der Waals surface area (Å²) in [5.41, 5.74) is 8.35. The van der Waals surface area contributed by atoms with Crippen molar-refractivity contribution in [2.24, 2.45) is 16.0 Å². The number of sulfone groups is 1. The number of aromatic nitrogens is 2. The van der Waals surface area contributed by atoms with Gasteiger partial charge in [-0.2, -0.15) is 10.4 Å². The average Bonchev–Trinajstić information content (AvgIpc) is 3.56. The summed E-state index contributed by atoms with van der Waals surface area (Å²) in [4.78, 5) is 14.0. The SMILES string of the molecule is CCCCCCCCN(C#CN)c1ccc(N=Nc2c(C#N)c(-c3ccccc3)nn2C2CCS(=O)(=O)C2)c(NC(C)=O)c1. The van der Waals surface area contributed by atoms with Crippen molar-refractivity contribution in [1.82, 2.24) is 9.78 Å². The highest BCUT2D eigenvalue weighted by Gasteiger charge is 2.33. The first-order valence-corrected chi connectivity index (χ1v) is 16.7. The third-order valence-electron chi connectivity index (χ3n) is 7.39. The Bertz CT molecular complexity index is 1700. The van der Waals surface area contributed by atoms with Crippen molar-refractivity contribution in [2.75, 3.05) is 28.3 Å². The number of anilines is 2. The molecule has 1 unspecified atom stereocenters. The van der Waals surface area contributed by atoms with Gasteiger partial charge in [-0.25, -0.2) is 13.1 Å². The van der Waals surface area contributed by atoms with Gasteiger partial charge >= 0.3 is 0 Å². The molecule has 11 nitrogen and oxygen atoms in total. The molecule has 230 valence electrons. The van der Waals surface area contributed by atoms with E-state index in [1.165, 1.54) is 30.9 Å². The molecule has 0 radical (unpaired) electrons. The van der Waals surface area contributed by atoms with Gasteiger partial charge in [0.25, 0.3) is 0 Å². The molecule has 1 amide bonds. The number of carbonyl (C=O) groups is 1. The second kappa shape index (κ2) is 15.2. The van der Waals surface area contributed by atoms with Crippen molar-refractivity contribution >= 4 is 38.6 Å². The number of nitriles is 1. The lowest BCUT2D eigenvalue weighted by atomic mass is 10.1. The zero-order chi connectivity index (χ0) is 31.5. The number of nitrogens with two attached hydrogens (primary N) is 1. The fraction of sp³-hybridized carbons (Fsp3) is 0.406. The molecule has 0 aliphatic carbocycles. The lowest BCUT2D eigenvalue weighted by Crippen LogP contribution is -2.19. The Morgan fingerprint density at radius 3 is 2.55 bits per heavy atom. The summed E-state index contributed by atoms with van der Waals surface area (Å²) in [5, 5.41) is 26.5. The van der Waals surface area contributed by atoms with Gasteiger partial charge < -0.3 is 11.1 Å². The number of amides is 1. The lowest BCUT2D eigenvalue weighted by molar-refractivity contribution is -0.114. The van der Waals surface area contributed by atoms with Crippen molar-refractivity contribution in [3.05, 3.63) is 54.1 Å². The van der Waals surface area contributed by atoms with Gasteiger partial charge in [0.1, 0.15) is 23.0 Å². The van der Waals surface area contributed by atoms with Crippen LogP contribution in [-0.2, 0) is 14.6 Å². The van der Waals surface area contributed by atoms with Crippen molar-refractivity contribution < 1.29 is 13.2 Å². The van der Waals surface area contributed by atoms with E-state index in [0.29, 0.717) is 35.6 Å². The van der Waals surface area contributed by atoms with Crippen molar-refractivity contribution in [3.63, 3.8) is 0 Å². The van der Waals surface area contributed by atoms with Crippen LogP contribution in [0.1, 0.15) is 70.4 Å². The molecular formula is C32H38N8O3S. The van der Waals surface area contributed by atoms with Crippen LogP contribution in [-0.4, -0.2) is 42.2 Å². The van der Waals surface area contributed by atoms with Gasteiger partial charge in [-0.15, -0.1) is 10.2 Å². The number of nitrogens with zero attached hydrogens (tertiary/aromatic N) is 6. The molecule has 0 bridgehead atoms. The highest BCUT2D eigenvalue weighted by atomic mass is 32.2. The van der Waals surface area contributed by atoms with Crippen LogP contribution in [0.15, 0.2) is 58.8 Å². The maximum absolute atomic E-state index is 12.3. The summed E-state index contributed by atoms with van der Waals surface area (Å²) < 4.78 is 26.1. The Balaban J connectivity index is 1.70. The molecule has 2 aromatic carbocycles. The summed E-state index contributed by atoms with van der Waals surface area (Å²) >= 11 is 0. The molecule has 12 heteroatoms.